The molecule has 0 aromatic rings. The molecule has 1 rings (SSSR count). The largest absolute Gasteiger partial charge is 0.313 e. The van der Waals surface area contributed by atoms with Gasteiger partial charge in [-0.05, 0) is 45.1 Å². The maximum absolute atomic E-state index is 3.72. The van der Waals surface area contributed by atoms with Crippen molar-refractivity contribution in [2.75, 3.05) is 13.1 Å². The van der Waals surface area contributed by atoms with E-state index in [1.807, 2.05) is 0 Å². The third-order valence-corrected chi connectivity index (χ3v) is 3.21. The molecule has 0 aliphatic carbocycles. The van der Waals surface area contributed by atoms with Crippen molar-refractivity contribution in [1.29, 1.82) is 0 Å². The van der Waals surface area contributed by atoms with Gasteiger partial charge in [0.25, 0.3) is 0 Å². The van der Waals surface area contributed by atoms with E-state index in [2.05, 4.69) is 45.3 Å². The van der Waals surface area contributed by atoms with Crippen molar-refractivity contribution in [2.45, 2.75) is 71.9 Å². The summed E-state index contributed by atoms with van der Waals surface area (Å²) in [6.07, 6.45) is 5.28. The standard InChI is InChI=1S/C14H30N2/c1-13(2,3)11-14(4,5)16-10-12-8-6-7-9-15-12/h12,15-16H,6-11H2,1-5H3. The summed E-state index contributed by atoms with van der Waals surface area (Å²) in [5.41, 5.74) is 0.647. The first-order chi connectivity index (χ1) is 7.29. The fourth-order valence-electron chi connectivity index (χ4n) is 2.89. The first kappa shape index (κ1) is 14.0. The topological polar surface area (TPSA) is 24.1 Å². The predicted molar refractivity (Wildman–Crippen MR) is 71.8 cm³/mol. The summed E-state index contributed by atoms with van der Waals surface area (Å²) in [5.74, 6) is 0. The van der Waals surface area contributed by atoms with Crippen molar-refractivity contribution in [2.24, 2.45) is 5.41 Å². The quantitative estimate of drug-likeness (QED) is 0.770. The van der Waals surface area contributed by atoms with Gasteiger partial charge in [-0.25, -0.2) is 0 Å². The van der Waals surface area contributed by atoms with Gasteiger partial charge in [0.05, 0.1) is 0 Å². The molecule has 0 saturated carbocycles. The average Bonchev–Trinajstić information content (AvgIpc) is 2.13. The van der Waals surface area contributed by atoms with Crippen LogP contribution in [0.1, 0.15) is 60.3 Å². The molecule has 1 unspecified atom stereocenters. The van der Waals surface area contributed by atoms with E-state index >= 15 is 0 Å². The summed E-state index contributed by atoms with van der Waals surface area (Å²) >= 11 is 0. The van der Waals surface area contributed by atoms with Gasteiger partial charge >= 0.3 is 0 Å². The highest BCUT2D eigenvalue weighted by atomic mass is 15.0. The molecular weight excluding hydrogens is 196 g/mol. The number of nitrogens with one attached hydrogen (secondary N) is 2. The minimum absolute atomic E-state index is 0.247. The van der Waals surface area contributed by atoms with Crippen LogP contribution < -0.4 is 10.6 Å². The van der Waals surface area contributed by atoms with Gasteiger partial charge in [-0.3, -0.25) is 0 Å². The van der Waals surface area contributed by atoms with E-state index in [0.717, 1.165) is 6.54 Å². The van der Waals surface area contributed by atoms with E-state index in [1.54, 1.807) is 0 Å². The minimum atomic E-state index is 0.247. The van der Waals surface area contributed by atoms with E-state index in [4.69, 9.17) is 0 Å². The Morgan fingerprint density at radius 2 is 1.81 bits per heavy atom. The Morgan fingerprint density at radius 1 is 1.12 bits per heavy atom. The Morgan fingerprint density at radius 3 is 2.31 bits per heavy atom. The Balaban J connectivity index is 2.29. The van der Waals surface area contributed by atoms with Crippen LogP contribution in [-0.2, 0) is 0 Å². The van der Waals surface area contributed by atoms with Gasteiger partial charge in [-0.15, -0.1) is 0 Å². The molecule has 1 atom stereocenters. The van der Waals surface area contributed by atoms with Crippen molar-refractivity contribution in [1.82, 2.24) is 10.6 Å². The molecule has 2 nitrogen and oxygen atoms in total. The van der Waals surface area contributed by atoms with Crippen LogP contribution in [0.4, 0.5) is 0 Å². The van der Waals surface area contributed by atoms with Gasteiger partial charge in [0.2, 0.25) is 0 Å². The third kappa shape index (κ3) is 5.86. The summed E-state index contributed by atoms with van der Waals surface area (Å²) in [6, 6.07) is 0.688. The Kier molecular flexibility index (Phi) is 4.81. The fourth-order valence-corrected chi connectivity index (χ4v) is 2.89. The van der Waals surface area contributed by atoms with Crippen molar-refractivity contribution >= 4 is 0 Å². The normalized spacial score (nSPS) is 23.4. The molecule has 2 N–H and O–H groups in total. The molecule has 1 fully saturated rings. The second-order valence-corrected chi connectivity index (χ2v) is 7.15. The molecule has 1 heterocycles. The lowest BCUT2D eigenvalue weighted by atomic mass is 9.81. The molecular formula is C14H30N2. The molecule has 0 aromatic carbocycles. The maximum atomic E-state index is 3.72. The van der Waals surface area contributed by atoms with Crippen molar-refractivity contribution in [3.63, 3.8) is 0 Å². The first-order valence-electron chi connectivity index (χ1n) is 6.77. The SMILES string of the molecule is CC(C)(C)CC(C)(C)NCC1CCCCN1. The highest BCUT2D eigenvalue weighted by Gasteiger charge is 2.25. The zero-order valence-corrected chi connectivity index (χ0v) is 11.8. The number of rotatable bonds is 4. The lowest BCUT2D eigenvalue weighted by molar-refractivity contribution is 0.230. The Hall–Kier alpha value is -0.0800. The molecule has 16 heavy (non-hydrogen) atoms. The Bertz CT molecular complexity index is 197. The smallest absolute Gasteiger partial charge is 0.0192 e. The molecule has 1 aliphatic heterocycles. The molecule has 96 valence electrons. The average molecular weight is 226 g/mol. The van der Waals surface area contributed by atoms with Crippen LogP contribution in [-0.4, -0.2) is 24.7 Å². The zero-order chi connectivity index (χ0) is 12.2. The van der Waals surface area contributed by atoms with E-state index in [1.165, 1.54) is 32.2 Å². The highest BCUT2D eigenvalue weighted by molar-refractivity contribution is 4.85. The summed E-state index contributed by atoms with van der Waals surface area (Å²) in [5, 5.41) is 7.31. The third-order valence-electron chi connectivity index (χ3n) is 3.21. The monoisotopic (exact) mass is 226 g/mol. The second-order valence-electron chi connectivity index (χ2n) is 7.15. The second kappa shape index (κ2) is 5.50. The van der Waals surface area contributed by atoms with E-state index in [0.29, 0.717) is 11.5 Å². The molecule has 0 bridgehead atoms. The van der Waals surface area contributed by atoms with Crippen LogP contribution >= 0.6 is 0 Å². The van der Waals surface area contributed by atoms with E-state index in [-0.39, 0.29) is 5.54 Å². The summed E-state index contributed by atoms with van der Waals surface area (Å²) in [7, 11) is 0. The molecule has 0 aromatic heterocycles. The molecule has 1 saturated heterocycles. The van der Waals surface area contributed by atoms with E-state index in [9.17, 15) is 0 Å². The molecule has 0 spiro atoms. The lowest BCUT2D eigenvalue weighted by Crippen LogP contribution is -2.50. The Labute approximate surface area is 102 Å². The zero-order valence-electron chi connectivity index (χ0n) is 11.8. The molecule has 2 heteroatoms. The number of piperidine rings is 1. The summed E-state index contributed by atoms with van der Waals surface area (Å²) < 4.78 is 0. The summed E-state index contributed by atoms with van der Waals surface area (Å²) in [6.45, 7) is 13.9. The van der Waals surface area contributed by atoms with Gasteiger partial charge in [-0.1, -0.05) is 27.2 Å². The van der Waals surface area contributed by atoms with Crippen LogP contribution in [0.25, 0.3) is 0 Å². The lowest BCUT2D eigenvalue weighted by Gasteiger charge is -2.35. The van der Waals surface area contributed by atoms with Crippen molar-refractivity contribution in [3.05, 3.63) is 0 Å². The molecule has 0 amide bonds. The van der Waals surface area contributed by atoms with Crippen molar-refractivity contribution in [3.8, 4) is 0 Å². The predicted octanol–water partition coefficient (Wildman–Crippen LogP) is 2.93. The van der Waals surface area contributed by atoms with Gasteiger partial charge in [0.15, 0.2) is 0 Å². The van der Waals surface area contributed by atoms with Gasteiger partial charge in [-0.2, -0.15) is 0 Å². The highest BCUT2D eigenvalue weighted by Crippen LogP contribution is 2.26. The van der Waals surface area contributed by atoms with Gasteiger partial charge < -0.3 is 10.6 Å². The number of hydrogen-bond donors (Lipinski definition) is 2. The van der Waals surface area contributed by atoms with Crippen LogP contribution in [0.5, 0.6) is 0 Å². The molecule has 0 radical (unpaired) electrons. The van der Waals surface area contributed by atoms with Crippen LogP contribution in [0.3, 0.4) is 0 Å². The first-order valence-corrected chi connectivity index (χ1v) is 6.77. The fraction of sp³-hybridized carbons (Fsp3) is 1.00. The van der Waals surface area contributed by atoms with Crippen LogP contribution in [0.2, 0.25) is 0 Å². The van der Waals surface area contributed by atoms with Crippen LogP contribution in [0, 0.1) is 5.41 Å². The molecule has 1 aliphatic rings. The summed E-state index contributed by atoms with van der Waals surface area (Å²) in [4.78, 5) is 0. The van der Waals surface area contributed by atoms with Crippen molar-refractivity contribution < 1.29 is 0 Å². The van der Waals surface area contributed by atoms with Gasteiger partial charge in [0.1, 0.15) is 0 Å². The maximum Gasteiger partial charge on any atom is 0.0192 e. The minimum Gasteiger partial charge on any atom is -0.313 e. The van der Waals surface area contributed by atoms with E-state index < -0.39 is 0 Å². The van der Waals surface area contributed by atoms with Gasteiger partial charge in [0, 0.05) is 18.1 Å². The van der Waals surface area contributed by atoms with Crippen LogP contribution in [0.15, 0.2) is 0 Å². The number of hydrogen-bond acceptors (Lipinski definition) is 2.